The summed E-state index contributed by atoms with van der Waals surface area (Å²) in [5, 5.41) is 2.84. The van der Waals surface area contributed by atoms with Crippen LogP contribution in [0.4, 0.5) is 4.79 Å². The van der Waals surface area contributed by atoms with Crippen molar-refractivity contribution in [3.05, 3.63) is 28.8 Å². The molecular weight excluding hydrogens is 282 g/mol. The molecule has 1 rings (SSSR count). The number of amides is 1. The van der Waals surface area contributed by atoms with E-state index in [9.17, 15) is 9.59 Å². The lowest BCUT2D eigenvalue weighted by Gasteiger charge is -2.21. The maximum Gasteiger partial charge on any atom is 0.408 e. The molecule has 6 heteroatoms. The first-order chi connectivity index (χ1) is 9.26. The molecule has 0 heterocycles. The largest absolute Gasteiger partial charge is 0.495 e. The summed E-state index contributed by atoms with van der Waals surface area (Å²) >= 11 is 5.99. The lowest BCUT2D eigenvalue weighted by molar-refractivity contribution is -0.109. The van der Waals surface area contributed by atoms with Crippen molar-refractivity contribution in [2.75, 3.05) is 7.11 Å². The minimum absolute atomic E-state index is 0.364. The minimum Gasteiger partial charge on any atom is -0.495 e. The van der Waals surface area contributed by atoms with Crippen LogP contribution in [0.1, 0.15) is 32.4 Å². The van der Waals surface area contributed by atoms with E-state index >= 15 is 0 Å². The van der Waals surface area contributed by atoms with Crippen LogP contribution in [0.25, 0.3) is 0 Å². The van der Waals surface area contributed by atoms with Crippen LogP contribution in [0.15, 0.2) is 18.2 Å². The molecule has 1 amide bonds. The summed E-state index contributed by atoms with van der Waals surface area (Å²) in [5.41, 5.74) is -0.0774. The van der Waals surface area contributed by atoms with Gasteiger partial charge >= 0.3 is 6.09 Å². The molecule has 5 nitrogen and oxygen atoms in total. The fraction of sp³-hybridized carbons (Fsp3) is 0.429. The first-order valence-corrected chi connectivity index (χ1v) is 6.43. The van der Waals surface area contributed by atoms with Gasteiger partial charge in [-0.05, 0) is 38.5 Å². The van der Waals surface area contributed by atoms with Gasteiger partial charge in [0.25, 0.3) is 0 Å². The number of carbonyl (C=O) groups excluding carboxylic acids is 2. The topological polar surface area (TPSA) is 64.6 Å². The van der Waals surface area contributed by atoms with Crippen LogP contribution in [0.2, 0.25) is 5.02 Å². The molecule has 0 aromatic heterocycles. The molecule has 0 fully saturated rings. The third kappa shape index (κ3) is 4.74. The number of methoxy groups -OCH3 is 1. The van der Waals surface area contributed by atoms with Crippen LogP contribution in [-0.4, -0.2) is 25.1 Å². The molecule has 110 valence electrons. The number of benzene rings is 1. The Kier molecular flexibility index (Phi) is 5.39. The first-order valence-electron chi connectivity index (χ1n) is 6.05. The predicted molar refractivity (Wildman–Crippen MR) is 76.2 cm³/mol. The van der Waals surface area contributed by atoms with Crippen molar-refractivity contribution in [2.24, 2.45) is 0 Å². The Morgan fingerprint density at radius 1 is 1.40 bits per heavy atom. The van der Waals surface area contributed by atoms with Crippen LogP contribution in [-0.2, 0) is 9.53 Å². The molecule has 0 aliphatic carbocycles. The van der Waals surface area contributed by atoms with Crippen molar-refractivity contribution in [3.8, 4) is 5.75 Å². The molecule has 20 heavy (non-hydrogen) atoms. The highest BCUT2D eigenvalue weighted by atomic mass is 35.5. The van der Waals surface area contributed by atoms with E-state index in [1.165, 1.54) is 7.11 Å². The van der Waals surface area contributed by atoms with E-state index in [-0.39, 0.29) is 0 Å². The summed E-state index contributed by atoms with van der Waals surface area (Å²) in [5.74, 6) is 0.498. The van der Waals surface area contributed by atoms with E-state index in [2.05, 4.69) is 5.32 Å². The third-order valence-electron chi connectivity index (χ3n) is 2.34. The lowest BCUT2D eigenvalue weighted by Crippen LogP contribution is -2.35. The first kappa shape index (κ1) is 16.3. The molecule has 0 aliphatic heterocycles. The van der Waals surface area contributed by atoms with Crippen LogP contribution in [0.3, 0.4) is 0 Å². The van der Waals surface area contributed by atoms with Crippen molar-refractivity contribution in [1.29, 1.82) is 0 Å². The standard InChI is InChI=1S/C14H18ClNO4/c1-14(2,3)20-13(18)16-11(8-17)9-5-6-12(19-4)10(15)7-9/h5-8,11H,1-4H3,(H,16,18). The van der Waals surface area contributed by atoms with E-state index in [1.807, 2.05) is 0 Å². The van der Waals surface area contributed by atoms with Crippen LogP contribution in [0.5, 0.6) is 5.75 Å². The van der Waals surface area contributed by atoms with Crippen molar-refractivity contribution in [2.45, 2.75) is 32.4 Å². The predicted octanol–water partition coefficient (Wildman–Crippen LogP) is 3.11. The van der Waals surface area contributed by atoms with E-state index < -0.39 is 17.7 Å². The van der Waals surface area contributed by atoms with Crippen molar-refractivity contribution in [3.63, 3.8) is 0 Å². The lowest BCUT2D eigenvalue weighted by atomic mass is 10.1. The number of halogens is 1. The Morgan fingerprint density at radius 2 is 2.05 bits per heavy atom. The molecule has 1 atom stereocenters. The van der Waals surface area contributed by atoms with Gasteiger partial charge in [0.15, 0.2) is 0 Å². The Labute approximate surface area is 123 Å². The molecule has 1 N–H and O–H groups in total. The Bertz CT molecular complexity index is 496. The summed E-state index contributed by atoms with van der Waals surface area (Å²) in [7, 11) is 1.50. The number of aldehydes is 1. The fourth-order valence-electron chi connectivity index (χ4n) is 1.51. The second-order valence-electron chi connectivity index (χ2n) is 5.15. The molecule has 0 saturated carbocycles. The smallest absolute Gasteiger partial charge is 0.408 e. The molecule has 0 radical (unpaired) electrons. The molecule has 0 saturated heterocycles. The Hall–Kier alpha value is -1.75. The van der Waals surface area contributed by atoms with E-state index in [0.717, 1.165) is 0 Å². The number of hydrogen-bond donors (Lipinski definition) is 1. The van der Waals surface area contributed by atoms with Gasteiger partial charge in [-0.3, -0.25) is 0 Å². The van der Waals surface area contributed by atoms with Gasteiger partial charge in [-0.2, -0.15) is 0 Å². The number of carbonyl (C=O) groups is 2. The average molecular weight is 300 g/mol. The molecule has 0 bridgehead atoms. The van der Waals surface area contributed by atoms with Gasteiger partial charge in [0.05, 0.1) is 12.1 Å². The summed E-state index contributed by atoms with van der Waals surface area (Å²) < 4.78 is 10.1. The highest BCUT2D eigenvalue weighted by molar-refractivity contribution is 6.32. The normalized spacial score (nSPS) is 12.4. The van der Waals surface area contributed by atoms with Crippen molar-refractivity contribution in [1.82, 2.24) is 5.32 Å². The van der Waals surface area contributed by atoms with Gasteiger partial charge in [0.2, 0.25) is 0 Å². The molecule has 1 unspecified atom stereocenters. The van der Waals surface area contributed by atoms with Gasteiger partial charge < -0.3 is 19.6 Å². The summed E-state index contributed by atoms with van der Waals surface area (Å²) in [6.45, 7) is 5.23. The fourth-order valence-corrected chi connectivity index (χ4v) is 1.77. The van der Waals surface area contributed by atoms with Crippen LogP contribution >= 0.6 is 11.6 Å². The number of rotatable bonds is 4. The monoisotopic (exact) mass is 299 g/mol. The van der Waals surface area contributed by atoms with Gasteiger partial charge in [-0.15, -0.1) is 0 Å². The molecule has 1 aromatic rings. The molecular formula is C14H18ClNO4. The number of hydrogen-bond acceptors (Lipinski definition) is 4. The zero-order valence-electron chi connectivity index (χ0n) is 11.9. The second kappa shape index (κ2) is 6.61. The minimum atomic E-state index is -0.826. The number of alkyl carbamates (subject to hydrolysis) is 1. The highest BCUT2D eigenvalue weighted by Gasteiger charge is 2.20. The zero-order chi connectivity index (χ0) is 15.3. The molecule has 1 aromatic carbocycles. The maximum atomic E-state index is 11.7. The summed E-state index contributed by atoms with van der Waals surface area (Å²) in [6.07, 6.45) is -0.0521. The second-order valence-corrected chi connectivity index (χ2v) is 5.56. The number of nitrogens with one attached hydrogen (secondary N) is 1. The highest BCUT2D eigenvalue weighted by Crippen LogP contribution is 2.27. The number of ether oxygens (including phenoxy) is 2. The van der Waals surface area contributed by atoms with E-state index in [1.54, 1.807) is 39.0 Å². The van der Waals surface area contributed by atoms with Gasteiger partial charge in [0.1, 0.15) is 23.7 Å². The van der Waals surface area contributed by atoms with Gasteiger partial charge in [-0.1, -0.05) is 17.7 Å². The summed E-state index contributed by atoms with van der Waals surface area (Å²) in [6, 6.07) is 4.02. The van der Waals surface area contributed by atoms with Crippen molar-refractivity contribution < 1.29 is 19.1 Å². The van der Waals surface area contributed by atoms with Gasteiger partial charge in [-0.25, -0.2) is 4.79 Å². The maximum absolute atomic E-state index is 11.7. The van der Waals surface area contributed by atoms with Gasteiger partial charge in [0, 0.05) is 0 Å². The van der Waals surface area contributed by atoms with Crippen LogP contribution < -0.4 is 10.1 Å². The average Bonchev–Trinajstić information content (AvgIpc) is 2.33. The molecule has 0 spiro atoms. The molecule has 0 aliphatic rings. The van der Waals surface area contributed by atoms with E-state index in [4.69, 9.17) is 21.1 Å². The van der Waals surface area contributed by atoms with E-state index in [0.29, 0.717) is 22.6 Å². The summed E-state index contributed by atoms with van der Waals surface area (Å²) in [4.78, 5) is 22.8. The quantitative estimate of drug-likeness (QED) is 0.868. The van der Waals surface area contributed by atoms with Crippen LogP contribution in [0, 0.1) is 0 Å². The zero-order valence-corrected chi connectivity index (χ0v) is 12.7. The van der Waals surface area contributed by atoms with Crippen molar-refractivity contribution >= 4 is 24.0 Å². The Balaban J connectivity index is 2.83. The third-order valence-corrected chi connectivity index (χ3v) is 2.64. The Morgan fingerprint density at radius 3 is 2.50 bits per heavy atom. The SMILES string of the molecule is COc1ccc(C(C=O)NC(=O)OC(C)(C)C)cc1Cl.